The molecule has 3 heterocycles. The number of aromatic amines is 1. The Labute approximate surface area is 166 Å². The van der Waals surface area contributed by atoms with Gasteiger partial charge in [-0.05, 0) is 41.6 Å². The van der Waals surface area contributed by atoms with Crippen molar-refractivity contribution < 1.29 is 4.79 Å². The summed E-state index contributed by atoms with van der Waals surface area (Å²) in [6, 6.07) is 9.80. The van der Waals surface area contributed by atoms with Crippen LogP contribution in [0, 0.1) is 0 Å². The highest BCUT2D eigenvalue weighted by Gasteiger charge is 2.22. The largest absolute Gasteiger partial charge is 0.361 e. The molecule has 136 valence electrons. The first-order valence-corrected chi connectivity index (χ1v) is 10.2. The van der Waals surface area contributed by atoms with E-state index in [1.54, 1.807) is 0 Å². The van der Waals surface area contributed by atoms with Crippen LogP contribution in [0.15, 0.2) is 36.5 Å². The van der Waals surface area contributed by atoms with Gasteiger partial charge in [-0.1, -0.05) is 29.3 Å². The first-order chi connectivity index (χ1) is 12.6. The van der Waals surface area contributed by atoms with Crippen molar-refractivity contribution in [2.24, 2.45) is 0 Å². The second-order valence-electron chi connectivity index (χ2n) is 6.51. The van der Waals surface area contributed by atoms with Crippen LogP contribution >= 0.6 is 34.5 Å². The number of nitrogens with zero attached hydrogens (tertiary/aromatic N) is 2. The number of rotatable bonds is 4. The second-order valence-corrected chi connectivity index (χ2v) is 8.80. The maximum atomic E-state index is 12.8. The number of hydrogen-bond donors (Lipinski definition) is 1. The number of nitrogens with one attached hydrogen (secondary N) is 1. The van der Waals surface area contributed by atoms with Crippen molar-refractivity contribution in [3.8, 4) is 0 Å². The molecule has 3 aromatic rings. The number of aromatic nitrogens is 1. The lowest BCUT2D eigenvalue weighted by atomic mass is 10.1. The minimum Gasteiger partial charge on any atom is -0.361 e. The molecule has 26 heavy (non-hydrogen) atoms. The van der Waals surface area contributed by atoms with Crippen LogP contribution in [0.4, 0.5) is 0 Å². The summed E-state index contributed by atoms with van der Waals surface area (Å²) in [5.74, 6) is 0.105. The van der Waals surface area contributed by atoms with Gasteiger partial charge in [-0.3, -0.25) is 9.69 Å². The van der Waals surface area contributed by atoms with Crippen LogP contribution in [0.5, 0.6) is 0 Å². The summed E-state index contributed by atoms with van der Waals surface area (Å²) >= 11 is 13.6. The Morgan fingerprint density at radius 2 is 1.92 bits per heavy atom. The Kier molecular flexibility index (Phi) is 5.23. The van der Waals surface area contributed by atoms with Crippen molar-refractivity contribution in [3.63, 3.8) is 0 Å². The molecule has 1 N–H and O–H groups in total. The Hall–Kier alpha value is -1.53. The number of fused-ring (bicyclic) bond motifs is 1. The van der Waals surface area contributed by atoms with Crippen molar-refractivity contribution in [2.75, 3.05) is 32.7 Å². The van der Waals surface area contributed by atoms with Crippen LogP contribution in [-0.4, -0.2) is 53.4 Å². The second kappa shape index (κ2) is 7.61. The van der Waals surface area contributed by atoms with Gasteiger partial charge in [0.15, 0.2) is 0 Å². The van der Waals surface area contributed by atoms with Crippen LogP contribution < -0.4 is 0 Å². The molecule has 4 rings (SSSR count). The van der Waals surface area contributed by atoms with Gasteiger partial charge in [0.25, 0.3) is 5.91 Å². The molecule has 0 bridgehead atoms. The van der Waals surface area contributed by atoms with E-state index in [9.17, 15) is 4.79 Å². The molecule has 0 spiro atoms. The number of benzene rings is 1. The van der Waals surface area contributed by atoms with Gasteiger partial charge >= 0.3 is 0 Å². The number of H-pyrrole nitrogens is 1. The standard InChI is InChI=1S/C19H19Cl2N3OS/c20-17-12-14(18(21)26-17)4-6-23-7-9-24(10-8-23)19(25)15-2-1-13-3-5-22-16(13)11-15/h1-3,5,11-12,22H,4,6-10H2. The van der Waals surface area contributed by atoms with Gasteiger partial charge in [-0.15, -0.1) is 11.3 Å². The molecular formula is C19H19Cl2N3OS. The lowest BCUT2D eigenvalue weighted by molar-refractivity contribution is 0.0638. The Morgan fingerprint density at radius 1 is 1.12 bits per heavy atom. The summed E-state index contributed by atoms with van der Waals surface area (Å²) in [6.07, 6.45) is 2.78. The van der Waals surface area contributed by atoms with Crippen molar-refractivity contribution in [1.29, 1.82) is 0 Å². The van der Waals surface area contributed by atoms with Crippen LogP contribution in [0.2, 0.25) is 8.67 Å². The summed E-state index contributed by atoms with van der Waals surface area (Å²) in [5, 5.41) is 1.12. The van der Waals surface area contributed by atoms with Crippen LogP contribution in [-0.2, 0) is 6.42 Å². The van der Waals surface area contributed by atoms with E-state index in [1.807, 2.05) is 41.4 Å². The molecule has 1 aliphatic heterocycles. The fourth-order valence-electron chi connectivity index (χ4n) is 3.36. The van der Waals surface area contributed by atoms with Crippen molar-refractivity contribution in [2.45, 2.75) is 6.42 Å². The quantitative estimate of drug-likeness (QED) is 0.689. The monoisotopic (exact) mass is 407 g/mol. The van der Waals surface area contributed by atoms with Crippen molar-refractivity contribution >= 4 is 51.3 Å². The van der Waals surface area contributed by atoms with Gasteiger partial charge in [0.05, 0.1) is 8.67 Å². The summed E-state index contributed by atoms with van der Waals surface area (Å²) in [4.78, 5) is 20.2. The minimum atomic E-state index is 0.105. The molecule has 0 saturated carbocycles. The molecule has 4 nitrogen and oxygen atoms in total. The van der Waals surface area contributed by atoms with E-state index in [1.165, 1.54) is 11.3 Å². The van der Waals surface area contributed by atoms with Crippen molar-refractivity contribution in [3.05, 3.63) is 56.3 Å². The molecule has 1 amide bonds. The Balaban J connectivity index is 1.32. The summed E-state index contributed by atoms with van der Waals surface area (Å²) in [5.41, 5.74) is 2.85. The smallest absolute Gasteiger partial charge is 0.254 e. The molecule has 0 unspecified atom stereocenters. The Bertz CT molecular complexity index is 928. The third kappa shape index (κ3) is 3.76. The van der Waals surface area contributed by atoms with E-state index in [4.69, 9.17) is 23.2 Å². The maximum absolute atomic E-state index is 12.8. The number of carbonyl (C=O) groups is 1. The highest BCUT2D eigenvalue weighted by atomic mass is 35.5. The van der Waals surface area contributed by atoms with E-state index in [-0.39, 0.29) is 5.91 Å². The van der Waals surface area contributed by atoms with E-state index in [2.05, 4.69) is 9.88 Å². The predicted molar refractivity (Wildman–Crippen MR) is 109 cm³/mol. The molecule has 1 fully saturated rings. The number of amides is 1. The van der Waals surface area contributed by atoms with Gasteiger partial charge < -0.3 is 9.88 Å². The van der Waals surface area contributed by atoms with Gasteiger partial charge in [-0.2, -0.15) is 0 Å². The third-order valence-corrected chi connectivity index (χ3v) is 6.46. The van der Waals surface area contributed by atoms with Crippen molar-refractivity contribution in [1.82, 2.24) is 14.8 Å². The zero-order chi connectivity index (χ0) is 18.1. The van der Waals surface area contributed by atoms with E-state index >= 15 is 0 Å². The van der Waals surface area contributed by atoms with Crippen LogP contribution in [0.25, 0.3) is 10.9 Å². The molecule has 0 radical (unpaired) electrons. The highest BCUT2D eigenvalue weighted by Crippen LogP contribution is 2.31. The zero-order valence-corrected chi connectivity index (χ0v) is 16.5. The van der Waals surface area contributed by atoms with Crippen LogP contribution in [0.1, 0.15) is 15.9 Å². The molecular weight excluding hydrogens is 389 g/mol. The molecule has 7 heteroatoms. The molecule has 1 aromatic carbocycles. The summed E-state index contributed by atoms with van der Waals surface area (Å²) in [7, 11) is 0. The number of thiophene rings is 1. The van der Waals surface area contributed by atoms with Gasteiger partial charge in [0.2, 0.25) is 0 Å². The number of carbonyl (C=O) groups excluding carboxylic acids is 1. The molecule has 1 saturated heterocycles. The highest BCUT2D eigenvalue weighted by molar-refractivity contribution is 7.20. The molecule has 0 atom stereocenters. The normalized spacial score (nSPS) is 15.7. The molecule has 1 aliphatic rings. The Morgan fingerprint density at radius 3 is 2.65 bits per heavy atom. The lowest BCUT2D eigenvalue weighted by Crippen LogP contribution is -2.49. The minimum absolute atomic E-state index is 0.105. The average molecular weight is 408 g/mol. The SMILES string of the molecule is O=C(c1ccc2cc[nH]c2c1)N1CCN(CCc2cc(Cl)sc2Cl)CC1. The van der Waals surface area contributed by atoms with E-state index in [0.29, 0.717) is 0 Å². The number of hydrogen-bond acceptors (Lipinski definition) is 3. The van der Waals surface area contributed by atoms with Gasteiger partial charge in [0, 0.05) is 50.0 Å². The summed E-state index contributed by atoms with van der Waals surface area (Å²) in [6.45, 7) is 4.20. The maximum Gasteiger partial charge on any atom is 0.254 e. The number of piperazine rings is 1. The predicted octanol–water partition coefficient (Wildman–Crippen LogP) is 4.54. The van der Waals surface area contributed by atoms with E-state index in [0.717, 1.165) is 69.8 Å². The fourth-order valence-corrected chi connectivity index (χ4v) is 4.91. The fraction of sp³-hybridized carbons (Fsp3) is 0.316. The average Bonchev–Trinajstić information content (AvgIpc) is 3.24. The third-order valence-electron chi connectivity index (χ3n) is 4.89. The summed E-state index contributed by atoms with van der Waals surface area (Å²) < 4.78 is 1.52. The van der Waals surface area contributed by atoms with Crippen LogP contribution in [0.3, 0.4) is 0 Å². The molecule has 0 aliphatic carbocycles. The zero-order valence-electron chi connectivity index (χ0n) is 14.2. The first kappa shape index (κ1) is 17.9. The molecule has 2 aromatic heterocycles. The number of halogens is 2. The van der Waals surface area contributed by atoms with Gasteiger partial charge in [0.1, 0.15) is 0 Å². The first-order valence-electron chi connectivity index (χ1n) is 8.62. The van der Waals surface area contributed by atoms with E-state index < -0.39 is 0 Å². The topological polar surface area (TPSA) is 39.3 Å². The van der Waals surface area contributed by atoms with Gasteiger partial charge in [-0.25, -0.2) is 0 Å². The lowest BCUT2D eigenvalue weighted by Gasteiger charge is -2.34.